The van der Waals surface area contributed by atoms with Crippen molar-refractivity contribution >= 4 is 68.6 Å². The lowest BCUT2D eigenvalue weighted by atomic mass is 9.92. The van der Waals surface area contributed by atoms with Crippen molar-refractivity contribution in [1.29, 1.82) is 0 Å². The van der Waals surface area contributed by atoms with E-state index in [9.17, 15) is 0 Å². The van der Waals surface area contributed by atoms with E-state index in [-0.39, 0.29) is 0 Å². The van der Waals surface area contributed by atoms with Crippen LogP contribution in [0.25, 0.3) is 32.7 Å². The van der Waals surface area contributed by atoms with Crippen LogP contribution in [0.1, 0.15) is 0 Å². The van der Waals surface area contributed by atoms with Gasteiger partial charge in [-0.15, -0.1) is 0 Å². The Labute approximate surface area is 307 Å². The zero-order chi connectivity index (χ0) is 33.0. The van der Waals surface area contributed by atoms with Gasteiger partial charge in [-0.1, -0.05) is 132 Å². The second kappa shape index (κ2) is 12.6. The fraction of sp³-hybridized carbons (Fsp3) is 0. The molecule has 0 saturated heterocycles. The second-order valence-electron chi connectivity index (χ2n) is 12.0. The Kier molecular flexibility index (Phi) is 7.57. The van der Waals surface area contributed by atoms with Gasteiger partial charge in [-0.3, -0.25) is 0 Å². The van der Waals surface area contributed by atoms with E-state index in [1.807, 2.05) is 23.5 Å². The summed E-state index contributed by atoms with van der Waals surface area (Å²) in [5, 5.41) is 4.50. The molecule has 2 aliphatic rings. The summed E-state index contributed by atoms with van der Waals surface area (Å²) in [6.45, 7) is 0. The van der Waals surface area contributed by atoms with Crippen molar-refractivity contribution in [2.75, 3.05) is 0 Å². The fourth-order valence-corrected chi connectivity index (χ4v) is 11.1. The Balaban J connectivity index is 1.10. The van der Waals surface area contributed by atoms with E-state index in [4.69, 9.17) is 9.47 Å². The highest BCUT2D eigenvalue weighted by Gasteiger charge is 2.23. The zero-order valence-corrected chi connectivity index (χ0v) is 29.7. The maximum absolute atomic E-state index is 6.90. The summed E-state index contributed by atoms with van der Waals surface area (Å²) in [6.07, 6.45) is 0. The van der Waals surface area contributed by atoms with Crippen molar-refractivity contribution in [2.24, 2.45) is 0 Å². The van der Waals surface area contributed by atoms with Crippen molar-refractivity contribution in [3.63, 3.8) is 0 Å². The van der Waals surface area contributed by atoms with Crippen LogP contribution in [0.3, 0.4) is 0 Å². The van der Waals surface area contributed by atoms with Crippen molar-refractivity contribution in [3.05, 3.63) is 158 Å². The van der Waals surface area contributed by atoms with Gasteiger partial charge in [0.2, 0.25) is 0 Å². The molecule has 0 aliphatic carbocycles. The van der Waals surface area contributed by atoms with Gasteiger partial charge in [0, 0.05) is 50.3 Å². The van der Waals surface area contributed by atoms with E-state index >= 15 is 0 Å². The largest absolute Gasteiger partial charge is 0.457 e. The minimum absolute atomic E-state index is 0.785. The molecule has 238 valence electrons. The fourth-order valence-electron chi connectivity index (χ4n) is 6.59. The molecule has 8 aromatic carbocycles. The van der Waals surface area contributed by atoms with Gasteiger partial charge in [0.25, 0.3) is 0 Å². The standard InChI is InChI=1S/C44H26O2S4/c1-3-11-31-27(9-1)17-21-33(45-29-19-23-39-41(25-29)49-37-15-7-5-13-35(37)47-39)43(31)44-32-12-4-2-10-28(32)18-22-34(44)46-30-20-24-40-42(26-30)50-38-16-8-6-14-36(38)48-40/h1-26H. The van der Waals surface area contributed by atoms with Crippen LogP contribution >= 0.6 is 47.0 Å². The van der Waals surface area contributed by atoms with Gasteiger partial charge in [0.15, 0.2) is 0 Å². The minimum Gasteiger partial charge on any atom is -0.457 e. The predicted molar refractivity (Wildman–Crippen MR) is 209 cm³/mol. The third-order valence-electron chi connectivity index (χ3n) is 8.90. The van der Waals surface area contributed by atoms with Gasteiger partial charge in [-0.25, -0.2) is 0 Å². The Morgan fingerprint density at radius 2 is 0.660 bits per heavy atom. The van der Waals surface area contributed by atoms with Gasteiger partial charge in [-0.2, -0.15) is 0 Å². The van der Waals surface area contributed by atoms with Crippen molar-refractivity contribution in [2.45, 2.75) is 39.2 Å². The summed E-state index contributed by atoms with van der Waals surface area (Å²) in [7, 11) is 0. The topological polar surface area (TPSA) is 18.5 Å². The van der Waals surface area contributed by atoms with E-state index in [1.165, 1.54) is 39.2 Å². The number of hydrogen-bond donors (Lipinski definition) is 0. The molecular weight excluding hydrogens is 689 g/mol. The smallest absolute Gasteiger partial charge is 0.136 e. The van der Waals surface area contributed by atoms with E-state index in [1.54, 1.807) is 23.5 Å². The number of benzene rings is 8. The maximum atomic E-state index is 6.90. The molecule has 2 nitrogen and oxygen atoms in total. The summed E-state index contributed by atoms with van der Waals surface area (Å²) in [5.41, 5.74) is 2.02. The van der Waals surface area contributed by atoms with Crippen LogP contribution in [0, 0.1) is 0 Å². The van der Waals surface area contributed by atoms with Gasteiger partial charge in [0.1, 0.15) is 23.0 Å². The first-order valence-electron chi connectivity index (χ1n) is 16.3. The quantitative estimate of drug-likeness (QED) is 0.175. The summed E-state index contributed by atoms with van der Waals surface area (Å²) in [5.74, 6) is 3.18. The molecule has 0 fully saturated rings. The first kappa shape index (κ1) is 30.1. The molecule has 10 rings (SSSR count). The van der Waals surface area contributed by atoms with Crippen LogP contribution in [0.15, 0.2) is 197 Å². The number of rotatable bonds is 5. The summed E-state index contributed by atoms with van der Waals surface area (Å²) in [6, 6.07) is 55.6. The summed E-state index contributed by atoms with van der Waals surface area (Å²) in [4.78, 5) is 10.0. The first-order chi connectivity index (χ1) is 24.7. The number of fused-ring (bicyclic) bond motifs is 6. The monoisotopic (exact) mass is 714 g/mol. The van der Waals surface area contributed by atoms with Gasteiger partial charge >= 0.3 is 0 Å². The van der Waals surface area contributed by atoms with Crippen LogP contribution < -0.4 is 9.47 Å². The zero-order valence-electron chi connectivity index (χ0n) is 26.5. The highest BCUT2D eigenvalue weighted by molar-refractivity contribution is 8.05. The molecule has 2 heterocycles. The molecule has 6 heteroatoms. The normalized spacial score (nSPS) is 12.9. The molecule has 0 spiro atoms. The van der Waals surface area contributed by atoms with Crippen LogP contribution in [0.2, 0.25) is 0 Å². The van der Waals surface area contributed by atoms with Gasteiger partial charge in [0.05, 0.1) is 0 Å². The van der Waals surface area contributed by atoms with E-state index < -0.39 is 0 Å². The Morgan fingerprint density at radius 3 is 1.10 bits per heavy atom. The molecule has 2 aliphatic heterocycles. The third kappa shape index (κ3) is 5.44. The highest BCUT2D eigenvalue weighted by atomic mass is 32.2. The molecular formula is C44H26O2S4. The Morgan fingerprint density at radius 1 is 0.300 bits per heavy atom. The SMILES string of the molecule is c1ccc2c(c1)Sc1ccc(Oc3ccc4ccccc4c3-c3c(Oc4ccc5c(c4)Sc4ccccc4S5)ccc4ccccc34)cc1S2. The average molecular weight is 715 g/mol. The van der Waals surface area contributed by atoms with Crippen LogP contribution in [-0.2, 0) is 0 Å². The Bertz CT molecular complexity index is 2450. The summed E-state index contributed by atoms with van der Waals surface area (Å²) < 4.78 is 13.8. The molecule has 0 aromatic heterocycles. The molecule has 0 atom stereocenters. The van der Waals surface area contributed by atoms with E-state index in [0.717, 1.165) is 55.7 Å². The molecule has 50 heavy (non-hydrogen) atoms. The summed E-state index contributed by atoms with van der Waals surface area (Å²) >= 11 is 7.22. The molecule has 0 unspecified atom stereocenters. The molecule has 0 bridgehead atoms. The van der Waals surface area contributed by atoms with Crippen LogP contribution in [-0.4, -0.2) is 0 Å². The van der Waals surface area contributed by atoms with Crippen molar-refractivity contribution < 1.29 is 9.47 Å². The molecule has 0 radical (unpaired) electrons. The number of ether oxygens (including phenoxy) is 2. The van der Waals surface area contributed by atoms with E-state index in [2.05, 4.69) is 158 Å². The number of hydrogen-bond acceptors (Lipinski definition) is 6. The lowest BCUT2D eigenvalue weighted by Crippen LogP contribution is -1.96. The van der Waals surface area contributed by atoms with Crippen LogP contribution in [0.5, 0.6) is 23.0 Å². The minimum atomic E-state index is 0.785. The molecule has 8 aromatic rings. The maximum Gasteiger partial charge on any atom is 0.136 e. The van der Waals surface area contributed by atoms with Crippen LogP contribution in [0.4, 0.5) is 0 Å². The second-order valence-corrected chi connectivity index (χ2v) is 16.4. The highest BCUT2D eigenvalue weighted by Crippen LogP contribution is 2.53. The molecule has 0 N–H and O–H groups in total. The van der Waals surface area contributed by atoms with Gasteiger partial charge in [-0.05, 0) is 94.3 Å². The average Bonchev–Trinajstić information content (AvgIpc) is 3.16. The Hall–Kier alpha value is -4.72. The molecule has 0 amide bonds. The predicted octanol–water partition coefficient (Wildman–Crippen LogP) is 14.5. The lowest BCUT2D eigenvalue weighted by Gasteiger charge is -2.22. The van der Waals surface area contributed by atoms with Gasteiger partial charge < -0.3 is 9.47 Å². The first-order valence-corrected chi connectivity index (χ1v) is 19.6. The van der Waals surface area contributed by atoms with E-state index in [0.29, 0.717) is 0 Å². The lowest BCUT2D eigenvalue weighted by molar-refractivity contribution is 0.476. The third-order valence-corrected chi connectivity index (χ3v) is 14.0. The molecule has 0 saturated carbocycles. The van der Waals surface area contributed by atoms with Crippen molar-refractivity contribution in [3.8, 4) is 34.1 Å². The van der Waals surface area contributed by atoms with Crippen molar-refractivity contribution in [1.82, 2.24) is 0 Å².